The summed E-state index contributed by atoms with van der Waals surface area (Å²) in [5, 5.41) is 9.59. The van der Waals surface area contributed by atoms with Crippen LogP contribution in [0.4, 0.5) is 0 Å². The first-order valence-electron chi connectivity index (χ1n) is 4.90. The van der Waals surface area contributed by atoms with E-state index >= 15 is 0 Å². The van der Waals surface area contributed by atoms with Crippen molar-refractivity contribution in [2.24, 2.45) is 0 Å². The number of aliphatic hydroxyl groups is 1. The van der Waals surface area contributed by atoms with Crippen molar-refractivity contribution >= 4 is 11.6 Å². The summed E-state index contributed by atoms with van der Waals surface area (Å²) in [6, 6.07) is 7.58. The van der Waals surface area contributed by atoms with Crippen LogP contribution in [0.2, 0.25) is 5.02 Å². The van der Waals surface area contributed by atoms with Crippen LogP contribution in [-0.4, -0.2) is 30.7 Å². The normalized spacial score (nSPS) is 25.7. The number of rotatable bonds is 3. The highest BCUT2D eigenvalue weighted by molar-refractivity contribution is 6.30. The van der Waals surface area contributed by atoms with Crippen LogP contribution in [0.1, 0.15) is 5.56 Å². The minimum atomic E-state index is -0.247. The maximum atomic E-state index is 8.86. The summed E-state index contributed by atoms with van der Waals surface area (Å²) in [5.41, 5.74) is 1.11. The molecule has 1 saturated heterocycles. The van der Waals surface area contributed by atoms with Gasteiger partial charge in [-0.1, -0.05) is 23.7 Å². The van der Waals surface area contributed by atoms with Crippen LogP contribution in [0.5, 0.6) is 0 Å². The van der Waals surface area contributed by atoms with Crippen LogP contribution in [0.15, 0.2) is 24.3 Å². The summed E-state index contributed by atoms with van der Waals surface area (Å²) < 4.78 is 10.8. The summed E-state index contributed by atoms with van der Waals surface area (Å²) in [7, 11) is 0. The first kappa shape index (κ1) is 10.9. The molecule has 0 aliphatic carbocycles. The molecule has 0 radical (unpaired) electrons. The van der Waals surface area contributed by atoms with Gasteiger partial charge < -0.3 is 14.6 Å². The molecule has 1 aromatic carbocycles. The van der Waals surface area contributed by atoms with Crippen molar-refractivity contribution in [1.82, 2.24) is 0 Å². The molecule has 1 aromatic rings. The first-order chi connectivity index (χ1) is 7.28. The molecular weight excluding hydrogens is 216 g/mol. The highest BCUT2D eigenvalue weighted by Crippen LogP contribution is 2.17. The largest absolute Gasteiger partial charge is 0.394 e. The lowest BCUT2D eigenvalue weighted by Gasteiger charge is -2.10. The topological polar surface area (TPSA) is 38.7 Å². The van der Waals surface area contributed by atoms with E-state index < -0.39 is 0 Å². The number of halogens is 1. The molecule has 0 bridgehead atoms. The van der Waals surface area contributed by atoms with Gasteiger partial charge in [-0.25, -0.2) is 0 Å². The van der Waals surface area contributed by atoms with Gasteiger partial charge in [0.15, 0.2) is 6.29 Å². The van der Waals surface area contributed by atoms with Gasteiger partial charge in [0.1, 0.15) is 6.10 Å². The standard InChI is InChI=1S/C11H13ClO3/c12-9-3-1-8(2-4-9)5-11-14-7-10(6-13)15-11/h1-4,10-11,13H,5-7H2. The second-order valence-corrected chi connectivity index (χ2v) is 3.97. The lowest BCUT2D eigenvalue weighted by atomic mass is 10.1. The highest BCUT2D eigenvalue weighted by Gasteiger charge is 2.25. The zero-order valence-corrected chi connectivity index (χ0v) is 8.98. The van der Waals surface area contributed by atoms with E-state index in [0.717, 1.165) is 10.6 Å². The van der Waals surface area contributed by atoms with Gasteiger partial charge in [0.05, 0.1) is 13.2 Å². The van der Waals surface area contributed by atoms with Gasteiger partial charge in [-0.05, 0) is 17.7 Å². The Labute approximate surface area is 93.6 Å². The molecule has 3 nitrogen and oxygen atoms in total. The molecule has 82 valence electrons. The number of hydrogen-bond donors (Lipinski definition) is 1. The van der Waals surface area contributed by atoms with Crippen molar-refractivity contribution in [3.05, 3.63) is 34.9 Å². The van der Waals surface area contributed by atoms with Gasteiger partial charge >= 0.3 is 0 Å². The zero-order valence-electron chi connectivity index (χ0n) is 8.23. The van der Waals surface area contributed by atoms with E-state index in [1.807, 2.05) is 24.3 Å². The van der Waals surface area contributed by atoms with Crippen molar-refractivity contribution in [1.29, 1.82) is 0 Å². The molecule has 0 saturated carbocycles. The molecule has 2 rings (SSSR count). The van der Waals surface area contributed by atoms with E-state index in [9.17, 15) is 0 Å². The lowest BCUT2D eigenvalue weighted by Crippen LogP contribution is -2.17. The molecule has 1 aliphatic rings. The molecule has 1 N–H and O–H groups in total. The van der Waals surface area contributed by atoms with Crippen molar-refractivity contribution in [3.63, 3.8) is 0 Å². The second-order valence-electron chi connectivity index (χ2n) is 3.53. The Bertz CT molecular complexity index is 312. The average molecular weight is 229 g/mol. The Balaban J connectivity index is 1.90. The molecular formula is C11H13ClO3. The molecule has 0 amide bonds. The third-order valence-corrected chi connectivity index (χ3v) is 2.58. The number of aliphatic hydroxyl groups excluding tert-OH is 1. The van der Waals surface area contributed by atoms with Gasteiger partial charge in [0.2, 0.25) is 0 Å². The second kappa shape index (κ2) is 4.94. The van der Waals surface area contributed by atoms with Crippen molar-refractivity contribution in [3.8, 4) is 0 Å². The molecule has 2 unspecified atom stereocenters. The third kappa shape index (κ3) is 2.92. The maximum Gasteiger partial charge on any atom is 0.162 e. The Morgan fingerprint density at radius 1 is 1.33 bits per heavy atom. The summed E-state index contributed by atoms with van der Waals surface area (Å²) in [5.74, 6) is 0. The molecule has 0 spiro atoms. The Morgan fingerprint density at radius 3 is 2.67 bits per heavy atom. The van der Waals surface area contributed by atoms with Crippen LogP contribution in [0.25, 0.3) is 0 Å². The molecule has 1 aliphatic heterocycles. The van der Waals surface area contributed by atoms with E-state index in [1.54, 1.807) is 0 Å². The summed E-state index contributed by atoms with van der Waals surface area (Å²) >= 11 is 5.78. The lowest BCUT2D eigenvalue weighted by molar-refractivity contribution is -0.0632. The number of benzene rings is 1. The van der Waals surface area contributed by atoms with E-state index in [0.29, 0.717) is 13.0 Å². The third-order valence-electron chi connectivity index (χ3n) is 2.33. The predicted octanol–water partition coefficient (Wildman–Crippen LogP) is 1.62. The number of ether oxygens (including phenoxy) is 2. The molecule has 1 fully saturated rings. The van der Waals surface area contributed by atoms with Gasteiger partial charge in [0, 0.05) is 11.4 Å². The molecule has 1 heterocycles. The predicted molar refractivity (Wildman–Crippen MR) is 56.9 cm³/mol. The Kier molecular flexibility index (Phi) is 3.59. The van der Waals surface area contributed by atoms with Crippen LogP contribution < -0.4 is 0 Å². The van der Waals surface area contributed by atoms with Gasteiger partial charge in [0.25, 0.3) is 0 Å². The first-order valence-corrected chi connectivity index (χ1v) is 5.28. The highest BCUT2D eigenvalue weighted by atomic mass is 35.5. The Morgan fingerprint density at radius 2 is 2.07 bits per heavy atom. The van der Waals surface area contributed by atoms with E-state index in [2.05, 4.69) is 0 Å². The molecule has 4 heteroatoms. The molecule has 2 atom stereocenters. The zero-order chi connectivity index (χ0) is 10.7. The van der Waals surface area contributed by atoms with Crippen LogP contribution in [0.3, 0.4) is 0 Å². The van der Waals surface area contributed by atoms with Crippen LogP contribution in [0, 0.1) is 0 Å². The van der Waals surface area contributed by atoms with E-state index in [-0.39, 0.29) is 19.0 Å². The Hall–Kier alpha value is -0.610. The van der Waals surface area contributed by atoms with Crippen LogP contribution >= 0.6 is 11.6 Å². The molecule has 15 heavy (non-hydrogen) atoms. The van der Waals surface area contributed by atoms with Gasteiger partial charge in [-0.15, -0.1) is 0 Å². The van der Waals surface area contributed by atoms with Crippen LogP contribution in [-0.2, 0) is 15.9 Å². The van der Waals surface area contributed by atoms with E-state index in [4.69, 9.17) is 26.2 Å². The number of hydrogen-bond acceptors (Lipinski definition) is 3. The SMILES string of the molecule is OCC1COC(Cc2ccc(Cl)cc2)O1. The fraction of sp³-hybridized carbons (Fsp3) is 0.455. The summed E-state index contributed by atoms with van der Waals surface area (Å²) in [6.45, 7) is 0.478. The quantitative estimate of drug-likeness (QED) is 0.855. The summed E-state index contributed by atoms with van der Waals surface area (Å²) in [6.07, 6.45) is 0.263. The monoisotopic (exact) mass is 228 g/mol. The van der Waals surface area contributed by atoms with Crippen molar-refractivity contribution in [2.45, 2.75) is 18.8 Å². The smallest absolute Gasteiger partial charge is 0.162 e. The molecule has 0 aromatic heterocycles. The minimum absolute atomic E-state index is 0.0110. The van der Waals surface area contributed by atoms with E-state index in [1.165, 1.54) is 0 Å². The summed E-state index contributed by atoms with van der Waals surface area (Å²) in [4.78, 5) is 0. The maximum absolute atomic E-state index is 8.86. The average Bonchev–Trinajstić information content (AvgIpc) is 2.69. The van der Waals surface area contributed by atoms with Gasteiger partial charge in [-0.2, -0.15) is 0 Å². The van der Waals surface area contributed by atoms with Gasteiger partial charge in [-0.3, -0.25) is 0 Å². The fourth-order valence-electron chi connectivity index (χ4n) is 1.52. The fourth-order valence-corrected chi connectivity index (χ4v) is 1.65. The van der Waals surface area contributed by atoms with Crippen molar-refractivity contribution in [2.75, 3.05) is 13.2 Å². The van der Waals surface area contributed by atoms with Crippen molar-refractivity contribution < 1.29 is 14.6 Å². The minimum Gasteiger partial charge on any atom is -0.394 e.